The average molecular weight is 199 g/mol. The number of ether oxygens (including phenoxy) is 1. The molecule has 1 rings (SSSR count). The van der Waals surface area contributed by atoms with Gasteiger partial charge in [-0.3, -0.25) is 0 Å². The van der Waals surface area contributed by atoms with Gasteiger partial charge in [0.05, 0.1) is 0 Å². The zero-order chi connectivity index (χ0) is 10.4. The molecule has 0 atom stereocenters. The van der Waals surface area contributed by atoms with E-state index in [4.69, 9.17) is 5.73 Å². The van der Waals surface area contributed by atoms with Crippen LogP contribution in [-0.4, -0.2) is 13.2 Å². The molecule has 0 aromatic heterocycles. The van der Waals surface area contributed by atoms with Gasteiger partial charge < -0.3 is 10.5 Å². The summed E-state index contributed by atoms with van der Waals surface area (Å²) in [5.74, 6) is 0.157. The molecule has 0 radical (unpaired) electrons. The van der Waals surface area contributed by atoms with E-state index in [1.165, 1.54) is 12.1 Å². The summed E-state index contributed by atoms with van der Waals surface area (Å²) in [4.78, 5) is 0. The molecule has 0 bridgehead atoms. The summed E-state index contributed by atoms with van der Waals surface area (Å²) >= 11 is 0. The minimum atomic E-state index is -2.78. The first-order valence-electron chi connectivity index (χ1n) is 4.14. The van der Waals surface area contributed by atoms with Crippen molar-refractivity contribution in [1.29, 1.82) is 0 Å². The van der Waals surface area contributed by atoms with Crippen molar-refractivity contribution in [2.45, 2.75) is 6.61 Å². The Hall–Kier alpha value is -1.42. The van der Waals surface area contributed by atoms with Gasteiger partial charge in [0, 0.05) is 6.54 Å². The van der Waals surface area contributed by atoms with Crippen LogP contribution in [-0.2, 0) is 0 Å². The van der Waals surface area contributed by atoms with Crippen molar-refractivity contribution in [2.75, 3.05) is 6.54 Å². The fourth-order valence-electron chi connectivity index (χ4n) is 0.964. The highest BCUT2D eigenvalue weighted by Crippen LogP contribution is 2.15. The van der Waals surface area contributed by atoms with Gasteiger partial charge in [-0.2, -0.15) is 8.78 Å². The maximum atomic E-state index is 11.8. The number of benzene rings is 1. The van der Waals surface area contributed by atoms with Crippen LogP contribution >= 0.6 is 0 Å². The normalized spacial score (nSPS) is 11.1. The van der Waals surface area contributed by atoms with E-state index in [-0.39, 0.29) is 5.75 Å². The summed E-state index contributed by atoms with van der Waals surface area (Å²) in [5, 5.41) is 0. The van der Waals surface area contributed by atoms with Crippen molar-refractivity contribution in [1.82, 2.24) is 0 Å². The number of alkyl halides is 2. The van der Waals surface area contributed by atoms with Gasteiger partial charge in [-0.05, 0) is 17.7 Å². The average Bonchev–Trinajstić information content (AvgIpc) is 2.16. The van der Waals surface area contributed by atoms with Crippen LogP contribution in [0.3, 0.4) is 0 Å². The predicted molar refractivity (Wildman–Crippen MR) is 51.2 cm³/mol. The van der Waals surface area contributed by atoms with E-state index in [1.807, 2.05) is 6.08 Å². The standard InChI is InChI=1S/C10H11F2NO/c11-10(12)14-9-5-3-8(4-6-9)2-1-7-13/h1-6,10H,7,13H2/b2-1+. The number of hydrogen-bond acceptors (Lipinski definition) is 2. The Morgan fingerprint density at radius 1 is 1.29 bits per heavy atom. The molecule has 0 amide bonds. The minimum Gasteiger partial charge on any atom is -0.435 e. The molecular weight excluding hydrogens is 188 g/mol. The monoisotopic (exact) mass is 199 g/mol. The van der Waals surface area contributed by atoms with Crippen LogP contribution in [0, 0.1) is 0 Å². The summed E-state index contributed by atoms with van der Waals surface area (Å²) in [7, 11) is 0. The molecule has 2 N–H and O–H groups in total. The third-order valence-electron chi connectivity index (χ3n) is 1.55. The molecule has 0 aliphatic rings. The second-order valence-electron chi connectivity index (χ2n) is 2.59. The zero-order valence-corrected chi connectivity index (χ0v) is 7.49. The fraction of sp³-hybridized carbons (Fsp3) is 0.200. The molecule has 0 spiro atoms. The molecule has 0 unspecified atom stereocenters. The molecule has 4 heteroatoms. The Morgan fingerprint density at radius 2 is 1.93 bits per heavy atom. The Bertz CT molecular complexity index is 295. The smallest absolute Gasteiger partial charge is 0.387 e. The number of halogens is 2. The largest absolute Gasteiger partial charge is 0.435 e. The van der Waals surface area contributed by atoms with Crippen LogP contribution in [0.5, 0.6) is 5.75 Å². The van der Waals surface area contributed by atoms with Gasteiger partial charge in [-0.1, -0.05) is 24.3 Å². The van der Waals surface area contributed by atoms with Crippen molar-refractivity contribution < 1.29 is 13.5 Å². The Morgan fingerprint density at radius 3 is 2.43 bits per heavy atom. The highest BCUT2D eigenvalue weighted by Gasteiger charge is 2.02. The van der Waals surface area contributed by atoms with E-state index in [1.54, 1.807) is 18.2 Å². The minimum absolute atomic E-state index is 0.157. The quantitative estimate of drug-likeness (QED) is 0.807. The fourth-order valence-corrected chi connectivity index (χ4v) is 0.964. The van der Waals surface area contributed by atoms with Crippen LogP contribution in [0.15, 0.2) is 30.3 Å². The second-order valence-corrected chi connectivity index (χ2v) is 2.59. The SMILES string of the molecule is NC/C=C/c1ccc(OC(F)F)cc1. The first-order chi connectivity index (χ1) is 6.72. The molecule has 76 valence electrons. The topological polar surface area (TPSA) is 35.2 Å². The molecule has 0 heterocycles. The Balaban J connectivity index is 2.64. The molecule has 0 saturated carbocycles. The maximum absolute atomic E-state index is 11.8. The van der Waals surface area contributed by atoms with Crippen molar-refractivity contribution in [3.8, 4) is 5.75 Å². The molecule has 1 aromatic carbocycles. The van der Waals surface area contributed by atoms with Crippen molar-refractivity contribution in [2.24, 2.45) is 5.73 Å². The van der Waals surface area contributed by atoms with E-state index in [0.717, 1.165) is 5.56 Å². The van der Waals surface area contributed by atoms with Crippen LogP contribution in [0.25, 0.3) is 6.08 Å². The van der Waals surface area contributed by atoms with E-state index in [9.17, 15) is 8.78 Å². The number of hydrogen-bond donors (Lipinski definition) is 1. The molecule has 14 heavy (non-hydrogen) atoms. The predicted octanol–water partition coefficient (Wildman–Crippen LogP) is 2.26. The lowest BCUT2D eigenvalue weighted by atomic mass is 10.2. The van der Waals surface area contributed by atoms with Crippen LogP contribution < -0.4 is 10.5 Å². The maximum Gasteiger partial charge on any atom is 0.387 e. The Labute approximate surface area is 81.0 Å². The van der Waals surface area contributed by atoms with E-state index in [0.29, 0.717) is 6.54 Å². The third-order valence-corrected chi connectivity index (χ3v) is 1.55. The first kappa shape index (κ1) is 10.7. The van der Waals surface area contributed by atoms with Gasteiger partial charge in [0.25, 0.3) is 0 Å². The summed E-state index contributed by atoms with van der Waals surface area (Å²) in [6.45, 7) is -2.32. The highest BCUT2D eigenvalue weighted by molar-refractivity contribution is 5.50. The lowest BCUT2D eigenvalue weighted by Crippen LogP contribution is -2.01. The van der Waals surface area contributed by atoms with Gasteiger partial charge in [0.15, 0.2) is 0 Å². The van der Waals surface area contributed by atoms with Gasteiger partial charge >= 0.3 is 6.61 Å². The summed E-state index contributed by atoms with van der Waals surface area (Å²) in [6.07, 6.45) is 3.59. The lowest BCUT2D eigenvalue weighted by Gasteiger charge is -2.03. The van der Waals surface area contributed by atoms with Gasteiger partial charge in [0.1, 0.15) is 5.75 Å². The highest BCUT2D eigenvalue weighted by atomic mass is 19.3. The van der Waals surface area contributed by atoms with E-state index < -0.39 is 6.61 Å². The van der Waals surface area contributed by atoms with Crippen LogP contribution in [0.4, 0.5) is 8.78 Å². The molecular formula is C10H11F2NO. The second kappa shape index (κ2) is 5.34. The summed E-state index contributed by atoms with van der Waals surface area (Å²) < 4.78 is 27.7. The lowest BCUT2D eigenvalue weighted by molar-refractivity contribution is -0.0498. The zero-order valence-electron chi connectivity index (χ0n) is 7.49. The van der Waals surface area contributed by atoms with Gasteiger partial charge in [-0.25, -0.2) is 0 Å². The molecule has 0 aliphatic heterocycles. The van der Waals surface area contributed by atoms with E-state index in [2.05, 4.69) is 4.74 Å². The molecule has 2 nitrogen and oxygen atoms in total. The van der Waals surface area contributed by atoms with Gasteiger partial charge in [-0.15, -0.1) is 0 Å². The van der Waals surface area contributed by atoms with Crippen molar-refractivity contribution in [3.05, 3.63) is 35.9 Å². The van der Waals surface area contributed by atoms with Crippen LogP contribution in [0.2, 0.25) is 0 Å². The Kier molecular flexibility index (Phi) is 4.07. The first-order valence-corrected chi connectivity index (χ1v) is 4.14. The molecule has 0 fully saturated rings. The number of rotatable bonds is 4. The summed E-state index contributed by atoms with van der Waals surface area (Å²) in [5.41, 5.74) is 6.16. The molecule has 0 saturated heterocycles. The van der Waals surface area contributed by atoms with E-state index >= 15 is 0 Å². The molecule has 1 aromatic rings. The number of nitrogens with two attached hydrogens (primary N) is 1. The molecule has 0 aliphatic carbocycles. The van der Waals surface area contributed by atoms with Crippen molar-refractivity contribution in [3.63, 3.8) is 0 Å². The third kappa shape index (κ3) is 3.53. The summed E-state index contributed by atoms with van der Waals surface area (Å²) in [6, 6.07) is 6.35. The van der Waals surface area contributed by atoms with Crippen molar-refractivity contribution >= 4 is 6.08 Å². The van der Waals surface area contributed by atoms with Crippen LogP contribution in [0.1, 0.15) is 5.56 Å². The van der Waals surface area contributed by atoms with Gasteiger partial charge in [0.2, 0.25) is 0 Å².